The Morgan fingerprint density at radius 1 is 1.47 bits per heavy atom. The molecule has 0 saturated carbocycles. The molecule has 19 heavy (non-hydrogen) atoms. The van der Waals surface area contributed by atoms with Gasteiger partial charge in [0, 0.05) is 24.2 Å². The molecule has 0 aliphatic rings. The summed E-state index contributed by atoms with van der Waals surface area (Å²) >= 11 is 0. The average molecular weight is 263 g/mol. The summed E-state index contributed by atoms with van der Waals surface area (Å²) in [5, 5.41) is 20.8. The number of pyridine rings is 1. The average Bonchev–Trinajstić information content (AvgIpc) is 2.43. The SMILES string of the molecule is NCC(O)COc1ccc([N+](=O)[O-])c2ncccc12. The third kappa shape index (κ3) is 2.78. The summed E-state index contributed by atoms with van der Waals surface area (Å²) < 4.78 is 5.41. The van der Waals surface area contributed by atoms with E-state index in [2.05, 4.69) is 4.98 Å². The zero-order valence-electron chi connectivity index (χ0n) is 10.0. The van der Waals surface area contributed by atoms with Crippen LogP contribution in [0.15, 0.2) is 30.5 Å². The van der Waals surface area contributed by atoms with Gasteiger partial charge in [-0.3, -0.25) is 10.1 Å². The predicted molar refractivity (Wildman–Crippen MR) is 69.0 cm³/mol. The smallest absolute Gasteiger partial charge is 0.295 e. The lowest BCUT2D eigenvalue weighted by molar-refractivity contribution is -0.383. The Morgan fingerprint density at radius 2 is 2.26 bits per heavy atom. The minimum atomic E-state index is -0.776. The first-order valence-corrected chi connectivity index (χ1v) is 5.66. The van der Waals surface area contributed by atoms with Crippen LogP contribution in [0.3, 0.4) is 0 Å². The molecule has 2 rings (SSSR count). The van der Waals surface area contributed by atoms with E-state index in [1.54, 1.807) is 12.1 Å². The molecule has 0 saturated heterocycles. The first-order chi connectivity index (χ1) is 9.13. The minimum absolute atomic E-state index is 0.0261. The molecule has 3 N–H and O–H groups in total. The van der Waals surface area contributed by atoms with Crippen molar-refractivity contribution in [3.05, 3.63) is 40.6 Å². The molecule has 0 aliphatic carbocycles. The van der Waals surface area contributed by atoms with Gasteiger partial charge in [-0.25, -0.2) is 4.98 Å². The summed E-state index contributed by atoms with van der Waals surface area (Å²) in [5.74, 6) is 0.432. The van der Waals surface area contributed by atoms with Crippen LogP contribution in [-0.2, 0) is 0 Å². The predicted octanol–water partition coefficient (Wildman–Crippen LogP) is 0.841. The molecule has 7 heteroatoms. The van der Waals surface area contributed by atoms with E-state index >= 15 is 0 Å². The van der Waals surface area contributed by atoms with E-state index in [0.29, 0.717) is 11.1 Å². The van der Waals surface area contributed by atoms with Crippen molar-refractivity contribution in [1.82, 2.24) is 4.98 Å². The number of nitro groups is 1. The van der Waals surface area contributed by atoms with Gasteiger partial charge in [0.15, 0.2) is 5.52 Å². The highest BCUT2D eigenvalue weighted by Gasteiger charge is 2.16. The van der Waals surface area contributed by atoms with Gasteiger partial charge in [0.05, 0.1) is 4.92 Å². The molecule has 7 nitrogen and oxygen atoms in total. The van der Waals surface area contributed by atoms with Crippen LogP contribution in [0.5, 0.6) is 5.75 Å². The number of ether oxygens (including phenoxy) is 1. The lowest BCUT2D eigenvalue weighted by Gasteiger charge is -2.12. The van der Waals surface area contributed by atoms with Crippen molar-refractivity contribution in [2.75, 3.05) is 13.2 Å². The van der Waals surface area contributed by atoms with Crippen LogP contribution in [0.4, 0.5) is 5.69 Å². The number of aromatic nitrogens is 1. The number of benzene rings is 1. The van der Waals surface area contributed by atoms with Crippen LogP contribution in [0.1, 0.15) is 0 Å². The van der Waals surface area contributed by atoms with Gasteiger partial charge < -0.3 is 15.6 Å². The molecule has 1 atom stereocenters. The van der Waals surface area contributed by atoms with Gasteiger partial charge in [-0.15, -0.1) is 0 Å². The van der Waals surface area contributed by atoms with Gasteiger partial charge in [-0.2, -0.15) is 0 Å². The Labute approximate surface area is 108 Å². The first kappa shape index (κ1) is 13.2. The summed E-state index contributed by atoms with van der Waals surface area (Å²) in [5.41, 5.74) is 5.46. The highest BCUT2D eigenvalue weighted by molar-refractivity contribution is 5.91. The topological polar surface area (TPSA) is 112 Å². The molecule has 0 aliphatic heterocycles. The number of nitrogens with zero attached hydrogens (tertiary/aromatic N) is 2. The van der Waals surface area contributed by atoms with Crippen LogP contribution in [0, 0.1) is 10.1 Å². The van der Waals surface area contributed by atoms with E-state index in [9.17, 15) is 15.2 Å². The van der Waals surface area contributed by atoms with Crippen LogP contribution < -0.4 is 10.5 Å². The van der Waals surface area contributed by atoms with Crippen molar-refractivity contribution in [3.63, 3.8) is 0 Å². The Bertz CT molecular complexity index is 603. The molecule has 0 spiro atoms. The van der Waals surface area contributed by atoms with Gasteiger partial charge in [-0.05, 0) is 18.2 Å². The Kier molecular flexibility index (Phi) is 3.88. The van der Waals surface area contributed by atoms with Gasteiger partial charge >= 0.3 is 0 Å². The summed E-state index contributed by atoms with van der Waals surface area (Å²) in [6.07, 6.45) is 0.704. The summed E-state index contributed by atoms with van der Waals surface area (Å²) in [6.45, 7) is 0.113. The number of hydrogen-bond acceptors (Lipinski definition) is 6. The van der Waals surface area contributed by atoms with Gasteiger partial charge in [0.25, 0.3) is 5.69 Å². The normalized spacial score (nSPS) is 12.3. The number of fused-ring (bicyclic) bond motifs is 1. The van der Waals surface area contributed by atoms with Crippen molar-refractivity contribution in [2.45, 2.75) is 6.10 Å². The summed E-state index contributed by atoms with van der Waals surface area (Å²) in [6, 6.07) is 6.17. The molecule has 1 aromatic heterocycles. The maximum atomic E-state index is 10.9. The van der Waals surface area contributed by atoms with Crippen molar-refractivity contribution in [2.24, 2.45) is 5.73 Å². The minimum Gasteiger partial charge on any atom is -0.490 e. The molecule has 1 aromatic carbocycles. The largest absolute Gasteiger partial charge is 0.490 e. The third-order valence-electron chi connectivity index (χ3n) is 2.61. The number of nitrogens with two attached hydrogens (primary N) is 1. The van der Waals surface area contributed by atoms with Crippen molar-refractivity contribution >= 4 is 16.6 Å². The van der Waals surface area contributed by atoms with Crippen LogP contribution in [0.2, 0.25) is 0 Å². The Hall–Kier alpha value is -2.25. The zero-order valence-corrected chi connectivity index (χ0v) is 10.0. The lowest BCUT2D eigenvalue weighted by Crippen LogP contribution is -2.26. The molecule has 0 fully saturated rings. The highest BCUT2D eigenvalue weighted by Crippen LogP contribution is 2.31. The van der Waals surface area contributed by atoms with Crippen LogP contribution in [-0.4, -0.2) is 34.3 Å². The van der Waals surface area contributed by atoms with Crippen molar-refractivity contribution in [3.8, 4) is 5.75 Å². The van der Waals surface area contributed by atoms with Gasteiger partial charge in [0.1, 0.15) is 18.5 Å². The van der Waals surface area contributed by atoms with Gasteiger partial charge in [-0.1, -0.05) is 0 Å². The van der Waals surface area contributed by atoms with Crippen LogP contribution >= 0.6 is 0 Å². The molecule has 2 aromatic rings. The number of nitro benzene ring substituents is 1. The van der Waals surface area contributed by atoms with E-state index < -0.39 is 11.0 Å². The molecule has 0 bridgehead atoms. The van der Waals surface area contributed by atoms with Crippen molar-refractivity contribution in [1.29, 1.82) is 0 Å². The first-order valence-electron chi connectivity index (χ1n) is 5.66. The molecule has 1 unspecified atom stereocenters. The quantitative estimate of drug-likeness (QED) is 0.610. The number of rotatable bonds is 5. The standard InChI is InChI=1S/C12H13N3O4/c13-6-8(16)7-19-11-4-3-10(15(17)18)12-9(11)2-1-5-14-12/h1-5,8,16H,6-7,13H2. The fourth-order valence-corrected chi connectivity index (χ4v) is 1.66. The van der Waals surface area contributed by atoms with E-state index in [4.69, 9.17) is 10.5 Å². The molecule has 0 amide bonds. The van der Waals surface area contributed by atoms with E-state index in [1.807, 2.05) is 0 Å². The third-order valence-corrected chi connectivity index (χ3v) is 2.61. The Morgan fingerprint density at radius 3 is 2.95 bits per heavy atom. The second-order valence-electron chi connectivity index (χ2n) is 3.94. The number of aliphatic hydroxyl groups excluding tert-OH is 1. The molecule has 0 radical (unpaired) electrons. The zero-order chi connectivity index (χ0) is 13.8. The molecule has 1 heterocycles. The second kappa shape index (κ2) is 5.59. The molecule has 100 valence electrons. The summed E-state index contributed by atoms with van der Waals surface area (Å²) in [7, 11) is 0. The van der Waals surface area contributed by atoms with E-state index in [0.717, 1.165) is 0 Å². The number of hydrogen-bond donors (Lipinski definition) is 2. The fourth-order valence-electron chi connectivity index (χ4n) is 1.66. The van der Waals surface area contributed by atoms with Crippen LogP contribution in [0.25, 0.3) is 10.9 Å². The maximum absolute atomic E-state index is 10.9. The van der Waals surface area contributed by atoms with E-state index in [-0.39, 0.29) is 24.4 Å². The highest BCUT2D eigenvalue weighted by atomic mass is 16.6. The maximum Gasteiger partial charge on any atom is 0.295 e. The van der Waals surface area contributed by atoms with Crippen molar-refractivity contribution < 1.29 is 14.8 Å². The fraction of sp³-hybridized carbons (Fsp3) is 0.250. The number of aliphatic hydroxyl groups is 1. The van der Waals surface area contributed by atoms with E-state index in [1.165, 1.54) is 18.3 Å². The second-order valence-corrected chi connectivity index (χ2v) is 3.94. The Balaban J connectivity index is 2.41. The lowest BCUT2D eigenvalue weighted by atomic mass is 10.1. The number of non-ortho nitro benzene ring substituents is 1. The van der Waals surface area contributed by atoms with Gasteiger partial charge in [0.2, 0.25) is 0 Å². The summed E-state index contributed by atoms with van der Waals surface area (Å²) in [4.78, 5) is 14.4. The monoisotopic (exact) mass is 263 g/mol. The molecular formula is C12H13N3O4. The molecular weight excluding hydrogens is 250 g/mol.